The summed E-state index contributed by atoms with van der Waals surface area (Å²) in [6, 6.07) is 11.3. The van der Waals surface area contributed by atoms with E-state index in [1.165, 1.54) is 11.8 Å². The molecule has 0 aliphatic rings. The standard InChI is InChI=1S/C16H15ClO2S2/c1-20-14-6-4-3-5-10(14)9-12-11(16(18)19)7-8-13(17)15(12)21-2/h3-8H,9H2,1-2H3,(H,18,19). The second-order valence-electron chi connectivity index (χ2n) is 4.40. The van der Waals surface area contributed by atoms with Crippen molar-refractivity contribution < 1.29 is 9.90 Å². The van der Waals surface area contributed by atoms with E-state index in [9.17, 15) is 9.90 Å². The highest BCUT2D eigenvalue weighted by molar-refractivity contribution is 7.99. The third-order valence-corrected chi connectivity index (χ3v) is 5.35. The van der Waals surface area contributed by atoms with E-state index in [1.807, 2.05) is 36.8 Å². The molecule has 0 amide bonds. The van der Waals surface area contributed by atoms with Gasteiger partial charge in [0.2, 0.25) is 0 Å². The monoisotopic (exact) mass is 338 g/mol. The Bertz CT molecular complexity index is 671. The Balaban J connectivity index is 2.56. The van der Waals surface area contributed by atoms with Gasteiger partial charge in [-0.2, -0.15) is 0 Å². The average Bonchev–Trinajstić information content (AvgIpc) is 2.48. The van der Waals surface area contributed by atoms with Crippen LogP contribution in [-0.4, -0.2) is 23.6 Å². The van der Waals surface area contributed by atoms with Crippen LogP contribution in [0.4, 0.5) is 0 Å². The minimum atomic E-state index is -0.918. The number of carboxylic acids is 1. The van der Waals surface area contributed by atoms with E-state index in [0.29, 0.717) is 17.0 Å². The quantitative estimate of drug-likeness (QED) is 0.772. The van der Waals surface area contributed by atoms with Gasteiger partial charge in [-0.25, -0.2) is 4.79 Å². The predicted octanol–water partition coefficient (Wildman–Crippen LogP) is 5.07. The number of halogens is 1. The third kappa shape index (κ3) is 3.57. The van der Waals surface area contributed by atoms with Gasteiger partial charge in [-0.1, -0.05) is 29.8 Å². The van der Waals surface area contributed by atoms with Gasteiger partial charge in [0.25, 0.3) is 0 Å². The van der Waals surface area contributed by atoms with Gasteiger partial charge in [0.15, 0.2) is 0 Å². The van der Waals surface area contributed by atoms with Crippen LogP contribution in [0.5, 0.6) is 0 Å². The highest BCUT2D eigenvalue weighted by atomic mass is 35.5. The fraction of sp³-hybridized carbons (Fsp3) is 0.188. The SMILES string of the molecule is CSc1ccccc1Cc1c(C(=O)O)ccc(Cl)c1SC. The summed E-state index contributed by atoms with van der Waals surface area (Å²) in [6.45, 7) is 0. The molecular formula is C16H15ClO2S2. The van der Waals surface area contributed by atoms with Crippen LogP contribution >= 0.6 is 35.1 Å². The number of rotatable bonds is 5. The predicted molar refractivity (Wildman–Crippen MR) is 91.2 cm³/mol. The minimum absolute atomic E-state index is 0.319. The fourth-order valence-electron chi connectivity index (χ4n) is 2.24. The van der Waals surface area contributed by atoms with Crippen molar-refractivity contribution >= 4 is 41.1 Å². The molecule has 2 nitrogen and oxygen atoms in total. The van der Waals surface area contributed by atoms with Crippen LogP contribution in [0, 0.1) is 0 Å². The summed E-state index contributed by atoms with van der Waals surface area (Å²) in [5.41, 5.74) is 2.22. The van der Waals surface area contributed by atoms with Crippen molar-refractivity contribution in [2.75, 3.05) is 12.5 Å². The maximum Gasteiger partial charge on any atom is 0.336 e. The number of carboxylic acid groups (broad SMARTS) is 1. The first-order valence-corrected chi connectivity index (χ1v) is 9.11. The zero-order chi connectivity index (χ0) is 15.4. The van der Waals surface area contributed by atoms with Gasteiger partial charge in [0, 0.05) is 16.2 Å². The van der Waals surface area contributed by atoms with Crippen LogP contribution in [0.2, 0.25) is 5.02 Å². The Morgan fingerprint density at radius 1 is 1.14 bits per heavy atom. The fourth-order valence-corrected chi connectivity index (χ4v) is 3.95. The molecule has 2 aromatic carbocycles. The summed E-state index contributed by atoms with van der Waals surface area (Å²) in [6.07, 6.45) is 4.50. The molecule has 1 N–H and O–H groups in total. The highest BCUT2D eigenvalue weighted by Crippen LogP contribution is 2.34. The maximum absolute atomic E-state index is 11.5. The van der Waals surface area contributed by atoms with Crippen LogP contribution < -0.4 is 0 Å². The van der Waals surface area contributed by atoms with Gasteiger partial charge < -0.3 is 5.11 Å². The van der Waals surface area contributed by atoms with E-state index < -0.39 is 5.97 Å². The van der Waals surface area contributed by atoms with Crippen molar-refractivity contribution in [2.45, 2.75) is 16.2 Å². The van der Waals surface area contributed by atoms with Crippen molar-refractivity contribution in [3.8, 4) is 0 Å². The normalized spacial score (nSPS) is 10.6. The van der Waals surface area contributed by atoms with Crippen molar-refractivity contribution in [2.24, 2.45) is 0 Å². The number of thioether (sulfide) groups is 2. The van der Waals surface area contributed by atoms with Crippen LogP contribution in [0.25, 0.3) is 0 Å². The lowest BCUT2D eigenvalue weighted by Crippen LogP contribution is -2.05. The molecule has 0 saturated carbocycles. The van der Waals surface area contributed by atoms with Gasteiger partial charge in [-0.15, -0.1) is 23.5 Å². The Hall–Kier alpha value is -1.10. The summed E-state index contributed by atoms with van der Waals surface area (Å²) in [5, 5.41) is 10.0. The number of carbonyl (C=O) groups is 1. The van der Waals surface area contributed by atoms with Crippen LogP contribution in [0.3, 0.4) is 0 Å². The maximum atomic E-state index is 11.5. The molecule has 0 atom stereocenters. The zero-order valence-corrected chi connectivity index (χ0v) is 14.1. The Labute approximate surface area is 137 Å². The molecule has 2 rings (SSSR count). The van der Waals surface area contributed by atoms with E-state index in [-0.39, 0.29) is 0 Å². The number of aromatic carboxylic acids is 1. The highest BCUT2D eigenvalue weighted by Gasteiger charge is 2.18. The van der Waals surface area contributed by atoms with Crippen molar-refractivity contribution in [3.05, 3.63) is 58.1 Å². The first-order valence-electron chi connectivity index (χ1n) is 6.29. The first-order chi connectivity index (χ1) is 10.1. The molecule has 21 heavy (non-hydrogen) atoms. The van der Waals surface area contributed by atoms with E-state index in [2.05, 4.69) is 0 Å². The van der Waals surface area contributed by atoms with Crippen LogP contribution in [-0.2, 0) is 6.42 Å². The van der Waals surface area contributed by atoms with E-state index in [1.54, 1.807) is 23.9 Å². The minimum Gasteiger partial charge on any atom is -0.478 e. The Kier molecular flexibility index (Phi) is 5.62. The van der Waals surface area contributed by atoms with Gasteiger partial charge in [0.05, 0.1) is 10.6 Å². The van der Waals surface area contributed by atoms with E-state index >= 15 is 0 Å². The Morgan fingerprint density at radius 3 is 2.48 bits per heavy atom. The first kappa shape index (κ1) is 16.3. The summed E-state index contributed by atoms with van der Waals surface area (Å²) in [7, 11) is 0. The zero-order valence-electron chi connectivity index (χ0n) is 11.7. The molecule has 2 aromatic rings. The molecule has 0 aliphatic heterocycles. The summed E-state index contributed by atoms with van der Waals surface area (Å²) >= 11 is 9.37. The Morgan fingerprint density at radius 2 is 1.86 bits per heavy atom. The second-order valence-corrected chi connectivity index (χ2v) is 6.47. The van der Waals surface area contributed by atoms with Crippen molar-refractivity contribution in [1.82, 2.24) is 0 Å². The van der Waals surface area contributed by atoms with Crippen LogP contribution in [0.15, 0.2) is 46.2 Å². The third-order valence-electron chi connectivity index (χ3n) is 3.21. The molecular weight excluding hydrogens is 324 g/mol. The molecule has 0 aromatic heterocycles. The molecule has 0 radical (unpaired) electrons. The second kappa shape index (κ2) is 7.25. The summed E-state index contributed by atoms with van der Waals surface area (Å²) < 4.78 is 0. The molecule has 0 heterocycles. The van der Waals surface area contributed by atoms with E-state index in [0.717, 1.165) is 20.9 Å². The molecule has 5 heteroatoms. The van der Waals surface area contributed by atoms with E-state index in [4.69, 9.17) is 11.6 Å². The lowest BCUT2D eigenvalue weighted by Gasteiger charge is -2.14. The number of benzene rings is 2. The largest absolute Gasteiger partial charge is 0.478 e. The average molecular weight is 339 g/mol. The molecule has 0 saturated heterocycles. The lowest BCUT2D eigenvalue weighted by atomic mass is 9.99. The van der Waals surface area contributed by atoms with Gasteiger partial charge in [-0.3, -0.25) is 0 Å². The molecule has 0 fully saturated rings. The number of hydrogen-bond donors (Lipinski definition) is 1. The molecule has 110 valence electrons. The van der Waals surface area contributed by atoms with Crippen molar-refractivity contribution in [1.29, 1.82) is 0 Å². The van der Waals surface area contributed by atoms with Gasteiger partial charge in [-0.05, 0) is 41.8 Å². The topological polar surface area (TPSA) is 37.3 Å². The summed E-state index contributed by atoms with van der Waals surface area (Å²) in [5.74, 6) is -0.918. The molecule has 0 aliphatic carbocycles. The molecule has 0 bridgehead atoms. The molecule has 0 spiro atoms. The van der Waals surface area contributed by atoms with Gasteiger partial charge >= 0.3 is 5.97 Å². The van der Waals surface area contributed by atoms with Gasteiger partial charge in [0.1, 0.15) is 0 Å². The van der Waals surface area contributed by atoms with Crippen LogP contribution in [0.1, 0.15) is 21.5 Å². The lowest BCUT2D eigenvalue weighted by molar-refractivity contribution is 0.0695. The molecule has 0 unspecified atom stereocenters. The van der Waals surface area contributed by atoms with Crippen molar-refractivity contribution in [3.63, 3.8) is 0 Å². The summed E-state index contributed by atoms with van der Waals surface area (Å²) in [4.78, 5) is 13.5. The smallest absolute Gasteiger partial charge is 0.336 e. The number of hydrogen-bond acceptors (Lipinski definition) is 3.